The number of hydrogen-bond acceptors (Lipinski definition) is 2. The van der Waals surface area contributed by atoms with Gasteiger partial charge in [-0.25, -0.2) is 0 Å². The molecule has 3 nitrogen and oxygen atoms in total. The molecule has 3 heteroatoms. The maximum atomic E-state index is 9.53. The van der Waals surface area contributed by atoms with Crippen molar-refractivity contribution in [2.75, 3.05) is 7.05 Å². The van der Waals surface area contributed by atoms with Crippen LogP contribution >= 0.6 is 0 Å². The smallest absolute Gasteiger partial charge is 0.117 e. The van der Waals surface area contributed by atoms with Crippen LogP contribution in [0.25, 0.3) is 10.9 Å². The molecule has 2 aromatic rings. The second-order valence-electron chi connectivity index (χ2n) is 4.07. The fraction of sp³-hybridized carbons (Fsp3) is 0.385. The Morgan fingerprint density at radius 2 is 2.12 bits per heavy atom. The van der Waals surface area contributed by atoms with E-state index < -0.39 is 0 Å². The molecule has 1 aromatic carbocycles. The summed E-state index contributed by atoms with van der Waals surface area (Å²) in [6.45, 7) is 5.17. The molecule has 2 rings (SSSR count). The Bertz CT molecular complexity index is 502. The van der Waals surface area contributed by atoms with Crippen LogP contribution in [0.2, 0.25) is 0 Å². The summed E-state index contributed by atoms with van der Waals surface area (Å²) in [5.74, 6) is 0.323. The summed E-state index contributed by atoms with van der Waals surface area (Å²) in [7, 11) is 1.96. The van der Waals surface area contributed by atoms with Crippen molar-refractivity contribution in [2.24, 2.45) is 0 Å². The van der Waals surface area contributed by atoms with E-state index in [1.807, 2.05) is 19.2 Å². The number of phenolic OH excluding ortho intramolecular Hbond substituents is 1. The van der Waals surface area contributed by atoms with Gasteiger partial charge in [-0.05, 0) is 39.1 Å². The summed E-state index contributed by atoms with van der Waals surface area (Å²) >= 11 is 0. The predicted octanol–water partition coefficient (Wildman–Crippen LogP) is 2.65. The maximum Gasteiger partial charge on any atom is 0.117 e. The average molecular weight is 218 g/mol. The first kappa shape index (κ1) is 11.0. The van der Waals surface area contributed by atoms with E-state index >= 15 is 0 Å². The molecule has 0 spiro atoms. The molecule has 1 heterocycles. The van der Waals surface area contributed by atoms with Crippen molar-refractivity contribution in [2.45, 2.75) is 26.4 Å². The Hall–Kier alpha value is -1.48. The predicted molar refractivity (Wildman–Crippen MR) is 66.8 cm³/mol. The lowest BCUT2D eigenvalue weighted by Gasteiger charge is -2.14. The Morgan fingerprint density at radius 3 is 2.75 bits per heavy atom. The number of fused-ring (bicyclic) bond motifs is 1. The van der Waals surface area contributed by atoms with Crippen LogP contribution in [0.5, 0.6) is 5.75 Å². The van der Waals surface area contributed by atoms with E-state index in [0.29, 0.717) is 11.8 Å². The number of aromatic nitrogens is 1. The Balaban J connectivity index is 2.66. The van der Waals surface area contributed by atoms with Gasteiger partial charge in [-0.1, -0.05) is 0 Å². The SMILES string of the molecule is CCn1c(C(C)NC)cc2ccc(O)cc21. The van der Waals surface area contributed by atoms with Crippen LogP contribution in [0, 0.1) is 0 Å². The highest BCUT2D eigenvalue weighted by Gasteiger charge is 2.12. The van der Waals surface area contributed by atoms with E-state index in [1.54, 1.807) is 6.07 Å². The van der Waals surface area contributed by atoms with Crippen molar-refractivity contribution < 1.29 is 5.11 Å². The van der Waals surface area contributed by atoms with Crippen LogP contribution in [0.1, 0.15) is 25.6 Å². The van der Waals surface area contributed by atoms with Crippen LogP contribution in [0.15, 0.2) is 24.3 Å². The average Bonchev–Trinajstić information content (AvgIpc) is 2.65. The zero-order chi connectivity index (χ0) is 11.7. The monoisotopic (exact) mass is 218 g/mol. The summed E-state index contributed by atoms with van der Waals surface area (Å²) in [6, 6.07) is 8.01. The highest BCUT2D eigenvalue weighted by atomic mass is 16.3. The molecule has 0 aliphatic carbocycles. The highest BCUT2D eigenvalue weighted by Crippen LogP contribution is 2.27. The fourth-order valence-corrected chi connectivity index (χ4v) is 2.12. The number of aromatic hydroxyl groups is 1. The molecular weight excluding hydrogens is 200 g/mol. The summed E-state index contributed by atoms with van der Waals surface area (Å²) in [4.78, 5) is 0. The molecule has 0 amide bonds. The van der Waals surface area contributed by atoms with Crippen molar-refractivity contribution in [3.63, 3.8) is 0 Å². The van der Waals surface area contributed by atoms with E-state index in [4.69, 9.17) is 0 Å². The molecule has 0 saturated heterocycles. The minimum Gasteiger partial charge on any atom is -0.508 e. The van der Waals surface area contributed by atoms with Crippen molar-refractivity contribution >= 4 is 10.9 Å². The van der Waals surface area contributed by atoms with Gasteiger partial charge in [-0.3, -0.25) is 0 Å². The molecule has 0 aliphatic heterocycles. The minimum absolute atomic E-state index is 0.314. The molecule has 2 N–H and O–H groups in total. The molecule has 0 bridgehead atoms. The molecule has 1 atom stereocenters. The van der Waals surface area contributed by atoms with Gasteiger partial charge in [0.05, 0.1) is 5.52 Å². The lowest BCUT2D eigenvalue weighted by Crippen LogP contribution is -2.16. The second-order valence-corrected chi connectivity index (χ2v) is 4.07. The van der Waals surface area contributed by atoms with Gasteiger partial charge in [0.2, 0.25) is 0 Å². The topological polar surface area (TPSA) is 37.2 Å². The molecule has 86 valence electrons. The summed E-state index contributed by atoms with van der Waals surface area (Å²) < 4.78 is 2.23. The Morgan fingerprint density at radius 1 is 1.38 bits per heavy atom. The summed E-state index contributed by atoms with van der Waals surface area (Å²) in [6.07, 6.45) is 0. The molecule has 0 saturated carbocycles. The number of aryl methyl sites for hydroxylation is 1. The number of rotatable bonds is 3. The Kier molecular flexibility index (Phi) is 2.88. The second kappa shape index (κ2) is 4.18. The molecule has 1 aromatic heterocycles. The third kappa shape index (κ3) is 1.67. The number of nitrogens with zero attached hydrogens (tertiary/aromatic N) is 1. The molecule has 0 radical (unpaired) electrons. The van der Waals surface area contributed by atoms with E-state index in [1.165, 1.54) is 11.1 Å². The number of nitrogens with one attached hydrogen (secondary N) is 1. The van der Waals surface area contributed by atoms with Crippen molar-refractivity contribution in [3.05, 3.63) is 30.0 Å². The number of hydrogen-bond donors (Lipinski definition) is 2. The van der Waals surface area contributed by atoms with Crippen molar-refractivity contribution in [3.8, 4) is 5.75 Å². The lowest BCUT2D eigenvalue weighted by atomic mass is 10.2. The standard InChI is InChI=1S/C13H18N2O/c1-4-15-12(9(2)14-3)7-10-5-6-11(16)8-13(10)15/h5-9,14,16H,4H2,1-3H3. The summed E-state index contributed by atoms with van der Waals surface area (Å²) in [5.41, 5.74) is 2.35. The van der Waals surface area contributed by atoms with Gasteiger partial charge in [0, 0.05) is 29.7 Å². The zero-order valence-electron chi connectivity index (χ0n) is 9.99. The highest BCUT2D eigenvalue weighted by molar-refractivity contribution is 5.82. The zero-order valence-corrected chi connectivity index (χ0v) is 9.99. The third-order valence-corrected chi connectivity index (χ3v) is 3.11. The molecular formula is C13H18N2O. The Labute approximate surface area is 95.7 Å². The minimum atomic E-state index is 0.314. The van der Waals surface area contributed by atoms with Crippen LogP contribution in [-0.2, 0) is 6.54 Å². The quantitative estimate of drug-likeness (QED) is 0.831. The first-order valence-corrected chi connectivity index (χ1v) is 5.66. The molecule has 0 fully saturated rings. The van der Waals surface area contributed by atoms with E-state index in [-0.39, 0.29) is 0 Å². The van der Waals surface area contributed by atoms with E-state index in [9.17, 15) is 5.11 Å². The van der Waals surface area contributed by atoms with Gasteiger partial charge >= 0.3 is 0 Å². The molecule has 1 unspecified atom stereocenters. The normalized spacial score (nSPS) is 13.2. The van der Waals surface area contributed by atoms with Crippen LogP contribution < -0.4 is 5.32 Å². The van der Waals surface area contributed by atoms with Gasteiger partial charge in [-0.2, -0.15) is 0 Å². The third-order valence-electron chi connectivity index (χ3n) is 3.11. The van der Waals surface area contributed by atoms with Gasteiger partial charge in [-0.15, -0.1) is 0 Å². The molecule has 0 aliphatic rings. The van der Waals surface area contributed by atoms with Gasteiger partial charge in [0.25, 0.3) is 0 Å². The summed E-state index contributed by atoms with van der Waals surface area (Å²) in [5, 5.41) is 14.0. The van der Waals surface area contributed by atoms with Crippen LogP contribution in [-0.4, -0.2) is 16.7 Å². The van der Waals surface area contributed by atoms with E-state index in [2.05, 4.69) is 29.8 Å². The van der Waals surface area contributed by atoms with E-state index in [0.717, 1.165) is 12.1 Å². The van der Waals surface area contributed by atoms with Crippen LogP contribution in [0.3, 0.4) is 0 Å². The lowest BCUT2D eigenvalue weighted by molar-refractivity contribution is 0.475. The van der Waals surface area contributed by atoms with Crippen molar-refractivity contribution in [1.29, 1.82) is 0 Å². The first-order chi connectivity index (χ1) is 7.67. The van der Waals surface area contributed by atoms with Gasteiger partial charge in [0.15, 0.2) is 0 Å². The fourth-order valence-electron chi connectivity index (χ4n) is 2.12. The van der Waals surface area contributed by atoms with Gasteiger partial charge in [0.1, 0.15) is 5.75 Å². The largest absolute Gasteiger partial charge is 0.508 e. The van der Waals surface area contributed by atoms with Crippen LogP contribution in [0.4, 0.5) is 0 Å². The first-order valence-electron chi connectivity index (χ1n) is 5.66. The number of benzene rings is 1. The maximum absolute atomic E-state index is 9.53. The number of phenols is 1. The van der Waals surface area contributed by atoms with Gasteiger partial charge < -0.3 is 15.0 Å². The van der Waals surface area contributed by atoms with Crippen molar-refractivity contribution in [1.82, 2.24) is 9.88 Å². The molecule has 16 heavy (non-hydrogen) atoms.